The van der Waals surface area contributed by atoms with Gasteiger partial charge in [-0.25, -0.2) is 0 Å². The summed E-state index contributed by atoms with van der Waals surface area (Å²) in [7, 11) is 0. The fraction of sp³-hybridized carbons (Fsp3) is 0.200. The molecule has 0 bridgehead atoms. The Morgan fingerprint density at radius 2 is 1.89 bits per heavy atom. The number of halogens is 2. The number of nitrogens with one attached hydrogen (secondary N) is 1. The Hall–Kier alpha value is -0.740. The summed E-state index contributed by atoms with van der Waals surface area (Å²) in [6.07, 6.45) is 0. The number of rotatable bonds is 3. The predicted molar refractivity (Wildman–Crippen MR) is 87.4 cm³/mol. The summed E-state index contributed by atoms with van der Waals surface area (Å²) in [5, 5.41) is 4.28. The van der Waals surface area contributed by atoms with Crippen molar-refractivity contribution in [1.82, 2.24) is 0 Å². The highest BCUT2D eigenvalue weighted by Crippen LogP contribution is 2.26. The van der Waals surface area contributed by atoms with Gasteiger partial charge in [0.15, 0.2) is 0 Å². The lowest BCUT2D eigenvalue weighted by Gasteiger charge is -2.17. The van der Waals surface area contributed by atoms with E-state index in [9.17, 15) is 0 Å². The second-order valence-electron chi connectivity index (χ2n) is 4.35. The topological polar surface area (TPSA) is 12.0 Å². The molecule has 18 heavy (non-hydrogen) atoms. The summed E-state index contributed by atoms with van der Waals surface area (Å²) < 4.78 is 1.27. The minimum absolute atomic E-state index is 0.192. The number of anilines is 1. The lowest BCUT2D eigenvalue weighted by molar-refractivity contribution is 0.885. The molecule has 3 heteroatoms. The third-order valence-corrected chi connectivity index (χ3v) is 4.43. The van der Waals surface area contributed by atoms with Crippen LogP contribution in [0.3, 0.4) is 0 Å². The van der Waals surface area contributed by atoms with Crippen molar-refractivity contribution in [3.05, 3.63) is 62.2 Å². The van der Waals surface area contributed by atoms with Crippen LogP contribution in [0, 0.1) is 10.5 Å². The molecule has 0 saturated carbocycles. The quantitative estimate of drug-likeness (QED) is 0.710. The molecule has 0 saturated heterocycles. The summed E-state index contributed by atoms with van der Waals surface area (Å²) in [6.45, 7) is 4.23. The average molecular weight is 372 g/mol. The maximum atomic E-state index is 6.20. The van der Waals surface area contributed by atoms with Gasteiger partial charge in [0, 0.05) is 20.3 Å². The fourth-order valence-corrected chi connectivity index (χ4v) is 2.65. The van der Waals surface area contributed by atoms with Gasteiger partial charge in [0.1, 0.15) is 0 Å². The molecule has 1 unspecified atom stereocenters. The van der Waals surface area contributed by atoms with Crippen molar-refractivity contribution in [1.29, 1.82) is 0 Å². The van der Waals surface area contributed by atoms with E-state index in [0.29, 0.717) is 0 Å². The lowest BCUT2D eigenvalue weighted by Crippen LogP contribution is -2.07. The Kier molecular flexibility index (Phi) is 4.51. The molecular weight excluding hydrogens is 357 g/mol. The van der Waals surface area contributed by atoms with Crippen molar-refractivity contribution in [2.75, 3.05) is 5.32 Å². The minimum atomic E-state index is 0.192. The first-order valence-corrected chi connectivity index (χ1v) is 7.30. The van der Waals surface area contributed by atoms with Crippen molar-refractivity contribution in [2.45, 2.75) is 19.9 Å². The van der Waals surface area contributed by atoms with Gasteiger partial charge < -0.3 is 5.32 Å². The van der Waals surface area contributed by atoms with Gasteiger partial charge in [-0.2, -0.15) is 0 Å². The summed E-state index contributed by atoms with van der Waals surface area (Å²) >= 11 is 8.55. The summed E-state index contributed by atoms with van der Waals surface area (Å²) in [6, 6.07) is 14.5. The second-order valence-corrected chi connectivity index (χ2v) is 5.92. The molecule has 0 heterocycles. The van der Waals surface area contributed by atoms with Crippen molar-refractivity contribution < 1.29 is 0 Å². The normalized spacial score (nSPS) is 12.2. The highest BCUT2D eigenvalue weighted by atomic mass is 127. The van der Waals surface area contributed by atoms with Crippen molar-refractivity contribution in [3.8, 4) is 0 Å². The Morgan fingerprint density at radius 3 is 2.56 bits per heavy atom. The Bertz CT molecular complexity index is 554. The highest BCUT2D eigenvalue weighted by Gasteiger charge is 2.09. The number of benzene rings is 2. The molecule has 2 rings (SSSR count). The maximum absolute atomic E-state index is 6.20. The zero-order chi connectivity index (χ0) is 13.1. The number of hydrogen-bond acceptors (Lipinski definition) is 1. The van der Waals surface area contributed by atoms with E-state index in [0.717, 1.165) is 16.3 Å². The Morgan fingerprint density at radius 1 is 1.17 bits per heavy atom. The molecule has 0 fully saturated rings. The average Bonchev–Trinajstić information content (AvgIpc) is 2.34. The van der Waals surface area contributed by atoms with Crippen LogP contribution in [0.4, 0.5) is 5.69 Å². The molecule has 1 atom stereocenters. The highest BCUT2D eigenvalue weighted by molar-refractivity contribution is 14.1. The molecule has 0 aliphatic rings. The number of hydrogen-bond donors (Lipinski definition) is 1. The van der Waals surface area contributed by atoms with Gasteiger partial charge in [0.05, 0.1) is 0 Å². The summed E-state index contributed by atoms with van der Waals surface area (Å²) in [5.41, 5.74) is 3.54. The van der Waals surface area contributed by atoms with Crippen LogP contribution in [0.25, 0.3) is 0 Å². The van der Waals surface area contributed by atoms with E-state index < -0.39 is 0 Å². The SMILES string of the molecule is Cc1ccc(NC(C)c2ccccc2Cl)cc1I. The third kappa shape index (κ3) is 3.18. The Labute approximate surface area is 127 Å². The molecule has 1 N–H and O–H groups in total. The summed E-state index contributed by atoms with van der Waals surface area (Å²) in [4.78, 5) is 0. The van der Waals surface area contributed by atoms with Crippen LogP contribution in [0.15, 0.2) is 42.5 Å². The van der Waals surface area contributed by atoms with E-state index in [4.69, 9.17) is 11.6 Å². The zero-order valence-corrected chi connectivity index (χ0v) is 13.3. The first-order chi connectivity index (χ1) is 8.58. The van der Waals surface area contributed by atoms with Crippen LogP contribution in [0.2, 0.25) is 5.02 Å². The summed E-state index contributed by atoms with van der Waals surface area (Å²) in [5.74, 6) is 0. The molecule has 2 aromatic carbocycles. The first kappa shape index (κ1) is 13.7. The van der Waals surface area contributed by atoms with E-state index >= 15 is 0 Å². The molecule has 94 valence electrons. The van der Waals surface area contributed by atoms with Crippen LogP contribution in [-0.4, -0.2) is 0 Å². The fourth-order valence-electron chi connectivity index (χ4n) is 1.84. The van der Waals surface area contributed by atoms with Gasteiger partial charge in [-0.15, -0.1) is 0 Å². The van der Waals surface area contributed by atoms with E-state index in [1.165, 1.54) is 9.13 Å². The molecule has 0 amide bonds. The van der Waals surface area contributed by atoms with Crippen molar-refractivity contribution in [3.63, 3.8) is 0 Å². The molecule has 0 aliphatic heterocycles. The predicted octanol–water partition coefficient (Wildman–Crippen LogP) is 5.43. The zero-order valence-electron chi connectivity index (χ0n) is 10.4. The van der Waals surface area contributed by atoms with Crippen LogP contribution in [-0.2, 0) is 0 Å². The van der Waals surface area contributed by atoms with Gasteiger partial charge in [-0.3, -0.25) is 0 Å². The van der Waals surface area contributed by atoms with E-state index in [2.05, 4.69) is 66.0 Å². The monoisotopic (exact) mass is 371 g/mol. The minimum Gasteiger partial charge on any atom is -0.378 e. The molecule has 0 spiro atoms. The third-order valence-electron chi connectivity index (χ3n) is 2.93. The van der Waals surface area contributed by atoms with E-state index in [1.807, 2.05) is 18.2 Å². The molecule has 0 aliphatic carbocycles. The van der Waals surface area contributed by atoms with Crippen LogP contribution >= 0.6 is 34.2 Å². The van der Waals surface area contributed by atoms with E-state index in [1.54, 1.807) is 0 Å². The molecule has 1 nitrogen and oxygen atoms in total. The largest absolute Gasteiger partial charge is 0.378 e. The van der Waals surface area contributed by atoms with Crippen LogP contribution < -0.4 is 5.32 Å². The molecule has 0 radical (unpaired) electrons. The Balaban J connectivity index is 2.19. The molecule has 2 aromatic rings. The second kappa shape index (κ2) is 5.93. The van der Waals surface area contributed by atoms with Crippen LogP contribution in [0.1, 0.15) is 24.1 Å². The van der Waals surface area contributed by atoms with Gasteiger partial charge in [-0.1, -0.05) is 35.9 Å². The molecular formula is C15H15ClIN. The number of aryl methyl sites for hydroxylation is 1. The van der Waals surface area contributed by atoms with Gasteiger partial charge in [0.2, 0.25) is 0 Å². The maximum Gasteiger partial charge on any atom is 0.0500 e. The van der Waals surface area contributed by atoms with E-state index in [-0.39, 0.29) is 6.04 Å². The first-order valence-electron chi connectivity index (χ1n) is 5.85. The standard InChI is InChI=1S/C15H15ClIN/c1-10-7-8-12(9-15(10)17)18-11(2)13-5-3-4-6-14(13)16/h3-9,11,18H,1-2H3. The van der Waals surface area contributed by atoms with Gasteiger partial charge in [0.25, 0.3) is 0 Å². The van der Waals surface area contributed by atoms with Gasteiger partial charge in [-0.05, 0) is 65.8 Å². The van der Waals surface area contributed by atoms with Gasteiger partial charge >= 0.3 is 0 Å². The molecule has 0 aromatic heterocycles. The lowest BCUT2D eigenvalue weighted by atomic mass is 10.1. The van der Waals surface area contributed by atoms with Crippen molar-refractivity contribution in [2.24, 2.45) is 0 Å². The van der Waals surface area contributed by atoms with Crippen molar-refractivity contribution >= 4 is 39.9 Å². The smallest absolute Gasteiger partial charge is 0.0500 e. The van der Waals surface area contributed by atoms with Crippen LogP contribution in [0.5, 0.6) is 0 Å².